The van der Waals surface area contributed by atoms with Crippen molar-refractivity contribution < 1.29 is 28.0 Å². The van der Waals surface area contributed by atoms with Crippen molar-refractivity contribution in [2.24, 2.45) is 11.3 Å². The Kier molecular flexibility index (Phi) is 9.37. The van der Waals surface area contributed by atoms with E-state index >= 15 is 4.39 Å². The average Bonchev–Trinajstić information content (AvgIpc) is 3.98. The van der Waals surface area contributed by atoms with Crippen LogP contribution in [-0.2, 0) is 26.3 Å². The second kappa shape index (κ2) is 13.3. The van der Waals surface area contributed by atoms with Crippen LogP contribution in [0.15, 0.2) is 30.5 Å². The lowest BCUT2D eigenvalue weighted by molar-refractivity contribution is -0.139. The highest BCUT2D eigenvalue weighted by Gasteiger charge is 2.55. The molecule has 3 N–H and O–H groups in total. The number of nitrogens with one attached hydrogen (secondary N) is 3. The molecular formula is C34H45F2N7O4. The van der Waals surface area contributed by atoms with Crippen LogP contribution in [0.3, 0.4) is 0 Å². The number of likely N-dealkylation sites (N-methyl/N-ethyl adjacent to an activating group) is 1. The smallest absolute Gasteiger partial charge is 0.270 e. The van der Waals surface area contributed by atoms with Crippen LogP contribution in [0.25, 0.3) is 0 Å². The maximum atomic E-state index is 15.8. The molecular weight excluding hydrogens is 608 g/mol. The number of aryl methyl sites for hydroxylation is 1. The van der Waals surface area contributed by atoms with Gasteiger partial charge in [0.2, 0.25) is 11.8 Å². The zero-order chi connectivity index (χ0) is 33.3. The largest absolute Gasteiger partial charge is 0.341 e. The number of carbonyl (C=O) groups excluding carboxylic acids is 4. The second-order valence-corrected chi connectivity index (χ2v) is 13.9. The topological polar surface area (TPSA) is 129 Å². The number of piperazine rings is 1. The van der Waals surface area contributed by atoms with Gasteiger partial charge in [0.1, 0.15) is 23.6 Å². The second-order valence-electron chi connectivity index (χ2n) is 13.9. The zero-order valence-corrected chi connectivity index (χ0v) is 27.2. The predicted molar refractivity (Wildman–Crippen MR) is 171 cm³/mol. The first-order valence-electron chi connectivity index (χ1n) is 16.8. The first-order valence-corrected chi connectivity index (χ1v) is 16.8. The molecule has 0 radical (unpaired) electrons. The van der Waals surface area contributed by atoms with Gasteiger partial charge in [0.05, 0.1) is 5.69 Å². The van der Waals surface area contributed by atoms with Crippen LogP contribution in [0.2, 0.25) is 0 Å². The van der Waals surface area contributed by atoms with Crippen molar-refractivity contribution in [3.63, 3.8) is 0 Å². The van der Waals surface area contributed by atoms with E-state index in [9.17, 15) is 23.6 Å². The molecule has 254 valence electrons. The first kappa shape index (κ1) is 33.0. The Hall–Kier alpha value is -3.87. The van der Waals surface area contributed by atoms with Gasteiger partial charge in [-0.3, -0.25) is 23.9 Å². The minimum absolute atomic E-state index is 0.0425. The number of carbonyl (C=O) groups is 4. The summed E-state index contributed by atoms with van der Waals surface area (Å²) < 4.78 is 30.7. The minimum Gasteiger partial charge on any atom is -0.341 e. The van der Waals surface area contributed by atoms with Crippen molar-refractivity contribution in [2.45, 2.75) is 82.3 Å². The van der Waals surface area contributed by atoms with Crippen LogP contribution in [-0.4, -0.2) is 95.2 Å². The quantitative estimate of drug-likeness (QED) is 0.342. The molecule has 1 spiro atoms. The average molecular weight is 654 g/mol. The highest BCUT2D eigenvalue weighted by molar-refractivity contribution is 6.01. The van der Waals surface area contributed by atoms with Crippen molar-refractivity contribution >= 4 is 29.3 Å². The molecule has 3 atom stereocenters. The van der Waals surface area contributed by atoms with Crippen molar-refractivity contribution in [3.8, 4) is 0 Å². The summed E-state index contributed by atoms with van der Waals surface area (Å²) in [7, 11) is 1.96. The molecule has 4 aliphatic rings. The number of amides is 4. The molecule has 6 rings (SSSR count). The Morgan fingerprint density at radius 3 is 2.40 bits per heavy atom. The van der Waals surface area contributed by atoms with Crippen molar-refractivity contribution in [3.05, 3.63) is 47.5 Å². The summed E-state index contributed by atoms with van der Waals surface area (Å²) in [5.74, 6) is -2.88. The number of halogens is 2. The normalized spacial score (nSPS) is 22.6. The fourth-order valence-corrected chi connectivity index (χ4v) is 7.67. The fourth-order valence-electron chi connectivity index (χ4n) is 7.67. The fraction of sp³-hybridized carbons (Fsp3) is 0.618. The van der Waals surface area contributed by atoms with Crippen LogP contribution >= 0.6 is 0 Å². The Labute approximate surface area is 273 Å². The first-order chi connectivity index (χ1) is 22.6. The Morgan fingerprint density at radius 1 is 1.02 bits per heavy atom. The molecule has 2 aromatic rings. The molecule has 4 fully saturated rings. The number of alkyl halides is 1. The van der Waals surface area contributed by atoms with Crippen LogP contribution < -0.4 is 16.0 Å². The summed E-state index contributed by atoms with van der Waals surface area (Å²) >= 11 is 0. The maximum Gasteiger partial charge on any atom is 0.270 e. The molecule has 1 aromatic heterocycles. The van der Waals surface area contributed by atoms with E-state index in [1.807, 2.05) is 14.0 Å². The van der Waals surface area contributed by atoms with E-state index < -0.39 is 47.7 Å². The van der Waals surface area contributed by atoms with Gasteiger partial charge in [-0.2, -0.15) is 5.10 Å². The molecule has 2 heterocycles. The van der Waals surface area contributed by atoms with Gasteiger partial charge in [0.15, 0.2) is 6.67 Å². The number of benzene rings is 1. The van der Waals surface area contributed by atoms with Crippen LogP contribution in [0.4, 0.5) is 14.5 Å². The van der Waals surface area contributed by atoms with E-state index in [0.29, 0.717) is 56.8 Å². The van der Waals surface area contributed by atoms with Gasteiger partial charge in [0.25, 0.3) is 11.8 Å². The van der Waals surface area contributed by atoms with E-state index in [1.54, 1.807) is 27.9 Å². The minimum atomic E-state index is -1.26. The van der Waals surface area contributed by atoms with Crippen molar-refractivity contribution in [1.29, 1.82) is 0 Å². The third kappa shape index (κ3) is 6.90. The van der Waals surface area contributed by atoms with Gasteiger partial charge in [-0.25, -0.2) is 8.78 Å². The van der Waals surface area contributed by atoms with Crippen LogP contribution in [0.1, 0.15) is 74.3 Å². The molecule has 3 saturated carbocycles. The Bertz CT molecular complexity index is 1510. The molecule has 4 amide bonds. The SMILES string of the molecule is CCn1nccc1C(=O)N[C@H](C(=O)Nc1ccc(C2([C@@H](NC(=O)CF)C(=O)N3CCN(C)CC3)CC2)cc1F)[C@H]1CCCC2(CC2)C1. The Morgan fingerprint density at radius 2 is 1.77 bits per heavy atom. The molecule has 11 nitrogen and oxygen atoms in total. The molecule has 1 aromatic carbocycles. The number of aromatic nitrogens is 2. The Balaban J connectivity index is 1.21. The van der Waals surface area contributed by atoms with Crippen LogP contribution in [0.5, 0.6) is 0 Å². The molecule has 13 heteroatoms. The van der Waals surface area contributed by atoms with Gasteiger partial charge in [0, 0.05) is 44.3 Å². The summed E-state index contributed by atoms with van der Waals surface area (Å²) in [6.07, 6.45) is 8.52. The van der Waals surface area contributed by atoms with E-state index in [-0.39, 0.29) is 22.9 Å². The lowest BCUT2D eigenvalue weighted by atomic mass is 9.75. The van der Waals surface area contributed by atoms with E-state index in [0.717, 1.165) is 38.5 Å². The highest BCUT2D eigenvalue weighted by atomic mass is 19.1. The highest BCUT2D eigenvalue weighted by Crippen LogP contribution is 2.58. The van der Waals surface area contributed by atoms with Gasteiger partial charge in [-0.15, -0.1) is 0 Å². The summed E-state index contributed by atoms with van der Waals surface area (Å²) in [6.45, 7) is 3.43. The molecule has 47 heavy (non-hydrogen) atoms. The third-order valence-corrected chi connectivity index (χ3v) is 10.9. The third-order valence-electron chi connectivity index (χ3n) is 10.9. The van der Waals surface area contributed by atoms with Crippen LogP contribution in [0, 0.1) is 17.2 Å². The van der Waals surface area contributed by atoms with E-state index in [4.69, 9.17) is 0 Å². The predicted octanol–water partition coefficient (Wildman–Crippen LogP) is 3.01. The van der Waals surface area contributed by atoms with Gasteiger partial charge in [-0.05, 0) is 94.0 Å². The standard InChI is InChI=1S/C34H45F2N7O4/c1-3-43-26(8-14-37-43)30(45)40-28(22-5-4-9-33(20-22)10-11-33)31(46)38-25-7-6-23(19-24(25)36)34(12-13-34)29(39-27(44)21-35)32(47)42-17-15-41(2)16-18-42/h6-8,14,19,22,28-29H,3-5,9-13,15-18,20-21H2,1-2H3,(H,38,46)(H,39,44)(H,40,45)/t22-,28-,29-/m0/s1. The molecule has 3 aliphatic carbocycles. The molecule has 0 unspecified atom stereocenters. The lowest BCUT2D eigenvalue weighted by Gasteiger charge is -2.37. The number of hydrogen-bond acceptors (Lipinski definition) is 6. The molecule has 0 bridgehead atoms. The summed E-state index contributed by atoms with van der Waals surface area (Å²) in [4.78, 5) is 56.9. The molecule has 1 aliphatic heterocycles. The monoisotopic (exact) mass is 653 g/mol. The van der Waals surface area contributed by atoms with E-state index in [1.165, 1.54) is 12.1 Å². The summed E-state index contributed by atoms with van der Waals surface area (Å²) in [6, 6.07) is 4.13. The zero-order valence-electron chi connectivity index (χ0n) is 27.2. The summed E-state index contributed by atoms with van der Waals surface area (Å²) in [5.41, 5.74) is 0.166. The maximum absolute atomic E-state index is 15.8. The van der Waals surface area contributed by atoms with Crippen molar-refractivity contribution in [2.75, 3.05) is 45.2 Å². The van der Waals surface area contributed by atoms with Gasteiger partial charge in [-0.1, -0.05) is 12.5 Å². The lowest BCUT2D eigenvalue weighted by Crippen LogP contribution is -2.58. The number of hydrogen-bond donors (Lipinski definition) is 3. The van der Waals surface area contributed by atoms with Gasteiger partial charge >= 0.3 is 0 Å². The van der Waals surface area contributed by atoms with Gasteiger partial charge < -0.3 is 25.8 Å². The van der Waals surface area contributed by atoms with E-state index in [2.05, 4.69) is 25.9 Å². The number of anilines is 1. The number of nitrogens with zero attached hydrogens (tertiary/aromatic N) is 4. The molecule has 1 saturated heterocycles. The van der Waals surface area contributed by atoms with Crippen molar-refractivity contribution in [1.82, 2.24) is 30.2 Å². The number of rotatable bonds is 11. The summed E-state index contributed by atoms with van der Waals surface area (Å²) in [5, 5.41) is 12.4.